The van der Waals surface area contributed by atoms with Crippen LogP contribution in [0.5, 0.6) is 0 Å². The van der Waals surface area contributed by atoms with E-state index in [4.69, 9.17) is 0 Å². The quantitative estimate of drug-likeness (QED) is 0.481. The Kier molecular flexibility index (Phi) is 1540. The van der Waals surface area contributed by atoms with Crippen molar-refractivity contribution < 1.29 is 56.3 Å². The van der Waals surface area contributed by atoms with Crippen LogP contribution in [-0.2, 0) is 50.6 Å². The average Bonchev–Trinajstić information content (AvgIpc) is 0. The predicted molar refractivity (Wildman–Crippen MR) is 29.5 cm³/mol. The molecule has 0 saturated heterocycles. The second-order valence-electron chi connectivity index (χ2n) is 0. The van der Waals surface area contributed by atoms with Crippen molar-refractivity contribution in [3.63, 3.8) is 0 Å². The molecule has 0 fully saturated rings. The van der Waals surface area contributed by atoms with Gasteiger partial charge in [0.1, 0.15) is 0 Å². The summed E-state index contributed by atoms with van der Waals surface area (Å²) < 4.78 is 0. The van der Waals surface area contributed by atoms with E-state index >= 15 is 0 Å². The molecule has 0 bridgehead atoms. The van der Waals surface area contributed by atoms with Crippen molar-refractivity contribution in [3.05, 3.63) is 0 Å². The Bertz CT molecular complexity index is 29.4. The molecular weight excluding hydrogens is 262 g/mol. The largest absolute Gasteiger partial charge is 3.00 e. The zero-order chi connectivity index (χ0) is 0. The van der Waals surface area contributed by atoms with Gasteiger partial charge in [-0.05, 0) is 0 Å². The van der Waals surface area contributed by atoms with E-state index in [1.807, 2.05) is 0 Å². The van der Waals surface area contributed by atoms with E-state index in [-0.39, 0.29) is 137 Å². The molecule has 0 aliphatic heterocycles. The zero-order valence-corrected chi connectivity index (χ0v) is 11.8. The molecule has 0 saturated carbocycles. The molecule has 0 unspecified atom stereocenters. The zero-order valence-electron chi connectivity index (χ0n) is 8.50. The molecule has 9 heavy (non-hydrogen) atoms. The number of hydrogen-bond donors (Lipinski definition) is 0. The van der Waals surface area contributed by atoms with Gasteiger partial charge in [0.05, 0.1) is 0 Å². The molecule has 3 nitrogen and oxygen atoms in total. The Hall–Kier alpha value is 3.52. The molecule has 48 valence electrons. The average molecular weight is 266 g/mol. The first-order valence-corrected chi connectivity index (χ1v) is 0. The minimum Gasteiger partial charge on any atom is -2.00 e. The minimum absolute atomic E-state index is 0. The van der Waals surface area contributed by atoms with Crippen LogP contribution in [0.1, 0.15) is 5.71 Å². The molecule has 0 aliphatic rings. The molecule has 9 heteroatoms. The maximum Gasteiger partial charge on any atom is 3.00 e. The minimum atomic E-state index is 0. The summed E-state index contributed by atoms with van der Waals surface area (Å²) in [6, 6.07) is 0. The third-order valence-electron chi connectivity index (χ3n) is 0. The first-order chi connectivity index (χ1) is 0. The number of hydrogen-bond acceptors (Lipinski definition) is 0. The summed E-state index contributed by atoms with van der Waals surface area (Å²) in [6.07, 6.45) is 0. The van der Waals surface area contributed by atoms with Gasteiger partial charge in [0.25, 0.3) is 0 Å². The third kappa shape index (κ3) is 84.3. The van der Waals surface area contributed by atoms with Crippen LogP contribution in [0.25, 0.3) is 0 Å². The van der Waals surface area contributed by atoms with Gasteiger partial charge < -0.3 is 22.1 Å². The van der Waals surface area contributed by atoms with Gasteiger partial charge in [-0.1, -0.05) is 0 Å². The van der Waals surface area contributed by atoms with E-state index in [9.17, 15) is 0 Å². The Labute approximate surface area is 135 Å². The van der Waals surface area contributed by atoms with E-state index in [1.165, 1.54) is 0 Å². The fourth-order valence-electron chi connectivity index (χ4n) is 0. The van der Waals surface area contributed by atoms with Crippen molar-refractivity contribution in [2.24, 2.45) is 0 Å². The van der Waals surface area contributed by atoms with Crippen LogP contribution in [0, 0.1) is 0 Å². The monoisotopic (exact) mass is 266 g/mol. The van der Waals surface area contributed by atoms with Gasteiger partial charge in [0, 0.05) is 34.1 Å². The third-order valence-corrected chi connectivity index (χ3v) is 0. The van der Waals surface area contributed by atoms with Gasteiger partial charge in [-0.3, -0.25) is 0 Å². The summed E-state index contributed by atoms with van der Waals surface area (Å²) in [5.74, 6) is 0. The van der Waals surface area contributed by atoms with Crippen molar-refractivity contribution in [3.8, 4) is 0 Å². The fraction of sp³-hybridized carbons (Fsp3) is 0. The molecule has 0 aromatic carbocycles. The fourth-order valence-corrected chi connectivity index (χ4v) is 0. The molecule has 0 rings (SSSR count). The van der Waals surface area contributed by atoms with Crippen LogP contribution in [0.3, 0.4) is 0 Å². The molecule has 0 heterocycles. The predicted octanol–water partition coefficient (Wildman–Crippen LogP) is -1.43. The van der Waals surface area contributed by atoms with Crippen LogP contribution >= 0.6 is 0 Å². The summed E-state index contributed by atoms with van der Waals surface area (Å²) in [5.41, 5.74) is 0. The first-order valence-electron chi connectivity index (χ1n) is 0. The van der Waals surface area contributed by atoms with Crippen molar-refractivity contribution in [2.45, 2.75) is 0 Å². The van der Waals surface area contributed by atoms with Crippen LogP contribution in [0.4, 0.5) is 0 Å². The van der Waals surface area contributed by atoms with Crippen molar-refractivity contribution in [1.82, 2.24) is 0 Å². The smallest absolute Gasteiger partial charge is 2.00 e. The molecule has 0 amide bonds. The molecule has 0 aromatic heterocycles. The van der Waals surface area contributed by atoms with Crippen molar-refractivity contribution in [1.29, 1.82) is 0 Å². The topological polar surface area (TPSA) is 85.5 Å². The number of rotatable bonds is 0. The normalized spacial score (nSPS) is 0. The summed E-state index contributed by atoms with van der Waals surface area (Å²) in [6.45, 7) is 0. The van der Waals surface area contributed by atoms with E-state index in [2.05, 4.69) is 0 Å². The van der Waals surface area contributed by atoms with Gasteiger partial charge >= 0.3 is 80.8 Å². The van der Waals surface area contributed by atoms with Gasteiger partial charge in [-0.25, -0.2) is 0 Å². The molecule has 0 aromatic rings. The second kappa shape index (κ2) is 103. The molecular formula is H4Al2Fe2Mg2O3. The van der Waals surface area contributed by atoms with E-state index in [1.54, 1.807) is 0 Å². The van der Waals surface area contributed by atoms with Crippen LogP contribution in [0.15, 0.2) is 0 Å². The first kappa shape index (κ1) is 134. The van der Waals surface area contributed by atoms with Gasteiger partial charge in [-0.15, -0.1) is 0 Å². The Balaban J connectivity index is 0. The molecule has 0 aliphatic carbocycles. The summed E-state index contributed by atoms with van der Waals surface area (Å²) in [4.78, 5) is 0. The SMILES string of the molecule is [Al+3].[Al+3].[Fe].[Fe].[H-].[H-].[H-].[H-].[Mg+2].[Mg+2].[O-2].[O-2].[O-2]. The van der Waals surface area contributed by atoms with Crippen LogP contribution in [0.2, 0.25) is 0 Å². The van der Waals surface area contributed by atoms with E-state index in [0.717, 1.165) is 0 Å². The molecule has 0 atom stereocenters. The summed E-state index contributed by atoms with van der Waals surface area (Å²) in [7, 11) is 0. The Morgan fingerprint density at radius 2 is 0.556 bits per heavy atom. The van der Waals surface area contributed by atoms with Gasteiger partial charge in [0.2, 0.25) is 0 Å². The Morgan fingerprint density at radius 1 is 0.556 bits per heavy atom. The maximum absolute atomic E-state index is 0. The summed E-state index contributed by atoms with van der Waals surface area (Å²) >= 11 is 0. The van der Waals surface area contributed by atoms with Gasteiger partial charge in [-0.2, -0.15) is 0 Å². The maximum atomic E-state index is 0. The van der Waals surface area contributed by atoms with Crippen molar-refractivity contribution >= 4 is 80.8 Å². The van der Waals surface area contributed by atoms with Crippen LogP contribution < -0.4 is 0 Å². The standard InChI is InChI=1S/2Al.2Fe.2Mg.3O.4H/q2*+3;;;2*+2;3*-2;4*-1. The second-order valence-corrected chi connectivity index (χ2v) is 0. The molecule has 0 spiro atoms. The molecule has 0 radical (unpaired) electrons. The molecule has 0 N–H and O–H groups in total. The van der Waals surface area contributed by atoms with E-state index in [0.29, 0.717) is 0 Å². The Morgan fingerprint density at radius 3 is 0.556 bits per heavy atom. The van der Waals surface area contributed by atoms with E-state index < -0.39 is 0 Å². The van der Waals surface area contributed by atoms with Crippen molar-refractivity contribution in [2.75, 3.05) is 0 Å². The summed E-state index contributed by atoms with van der Waals surface area (Å²) in [5, 5.41) is 0. The van der Waals surface area contributed by atoms with Crippen LogP contribution in [-0.4, -0.2) is 80.8 Å². The van der Waals surface area contributed by atoms with Gasteiger partial charge in [0.15, 0.2) is 0 Å².